The van der Waals surface area contributed by atoms with Crippen molar-refractivity contribution in [2.45, 2.75) is 25.4 Å². The van der Waals surface area contributed by atoms with Gasteiger partial charge in [0.05, 0.1) is 17.7 Å². The van der Waals surface area contributed by atoms with Crippen LogP contribution in [0.1, 0.15) is 24.8 Å². The molecule has 2 aliphatic heterocycles. The fraction of sp³-hybridized carbons (Fsp3) is 0.556. The maximum Gasteiger partial charge on any atom is 0.145 e. The molecule has 1 fully saturated rings. The lowest BCUT2D eigenvalue weighted by Crippen LogP contribution is -2.24. The molecule has 0 aliphatic carbocycles. The molecule has 2 aliphatic rings. The maximum atomic E-state index is 6.14. The van der Waals surface area contributed by atoms with E-state index < -0.39 is 0 Å². The molecule has 3 rings (SSSR count). The van der Waals surface area contributed by atoms with Gasteiger partial charge in [0.25, 0.3) is 0 Å². The summed E-state index contributed by atoms with van der Waals surface area (Å²) in [7, 11) is 0. The molecule has 0 spiro atoms. The molecule has 0 amide bonds. The third-order valence-corrected chi connectivity index (χ3v) is 4.62. The Kier molecular flexibility index (Phi) is 6.81. The fourth-order valence-electron chi connectivity index (χ4n) is 2.91. The van der Waals surface area contributed by atoms with Crippen molar-refractivity contribution in [3.8, 4) is 5.75 Å². The molecule has 1 atom stereocenters. The SMILES string of the molecule is Clc1cc(Cl)c2c(c1)C=C(CNCCCOC[C@H]1CCCO1)CO2. The van der Waals surface area contributed by atoms with E-state index in [2.05, 4.69) is 11.4 Å². The highest BCUT2D eigenvalue weighted by molar-refractivity contribution is 6.36. The summed E-state index contributed by atoms with van der Waals surface area (Å²) >= 11 is 12.2. The van der Waals surface area contributed by atoms with E-state index in [-0.39, 0.29) is 0 Å². The van der Waals surface area contributed by atoms with Crippen molar-refractivity contribution in [3.05, 3.63) is 33.3 Å². The number of hydrogen-bond acceptors (Lipinski definition) is 4. The van der Waals surface area contributed by atoms with Gasteiger partial charge in [0, 0.05) is 30.3 Å². The monoisotopic (exact) mass is 371 g/mol. The van der Waals surface area contributed by atoms with Crippen LogP contribution in [-0.2, 0) is 9.47 Å². The molecule has 4 nitrogen and oxygen atoms in total. The van der Waals surface area contributed by atoms with Gasteiger partial charge in [-0.15, -0.1) is 0 Å². The minimum atomic E-state index is 0.307. The Hall–Kier alpha value is -0.780. The van der Waals surface area contributed by atoms with Crippen LogP contribution >= 0.6 is 23.2 Å². The zero-order chi connectivity index (χ0) is 16.8. The summed E-state index contributed by atoms with van der Waals surface area (Å²) in [5, 5.41) is 4.60. The van der Waals surface area contributed by atoms with Gasteiger partial charge in [-0.2, -0.15) is 0 Å². The second kappa shape index (κ2) is 9.07. The molecule has 0 radical (unpaired) electrons. The lowest BCUT2D eigenvalue weighted by molar-refractivity contribution is 0.0167. The number of ether oxygens (including phenoxy) is 3. The number of benzene rings is 1. The average molecular weight is 372 g/mol. The van der Waals surface area contributed by atoms with Crippen molar-refractivity contribution in [2.75, 3.05) is 39.5 Å². The van der Waals surface area contributed by atoms with Crippen molar-refractivity contribution in [1.29, 1.82) is 0 Å². The molecule has 0 bridgehead atoms. The Labute approximate surface area is 153 Å². The molecule has 24 heavy (non-hydrogen) atoms. The number of nitrogens with one attached hydrogen (secondary N) is 1. The molecule has 2 heterocycles. The van der Waals surface area contributed by atoms with E-state index in [1.807, 2.05) is 6.07 Å². The summed E-state index contributed by atoms with van der Waals surface area (Å²) in [5.74, 6) is 0.715. The smallest absolute Gasteiger partial charge is 0.145 e. The topological polar surface area (TPSA) is 39.7 Å². The van der Waals surface area contributed by atoms with Gasteiger partial charge in [0.2, 0.25) is 0 Å². The van der Waals surface area contributed by atoms with Crippen LogP contribution in [0.2, 0.25) is 10.0 Å². The van der Waals surface area contributed by atoms with E-state index >= 15 is 0 Å². The first kappa shape index (κ1) is 18.0. The van der Waals surface area contributed by atoms with Crippen LogP contribution in [0, 0.1) is 0 Å². The van der Waals surface area contributed by atoms with Crippen LogP contribution in [-0.4, -0.2) is 45.6 Å². The van der Waals surface area contributed by atoms with Gasteiger partial charge in [0.15, 0.2) is 0 Å². The van der Waals surface area contributed by atoms with Crippen LogP contribution in [0.5, 0.6) is 5.75 Å². The Morgan fingerprint density at radius 2 is 2.21 bits per heavy atom. The summed E-state index contributed by atoms with van der Waals surface area (Å²) in [5.41, 5.74) is 2.12. The first-order valence-electron chi connectivity index (χ1n) is 8.44. The summed E-state index contributed by atoms with van der Waals surface area (Å²) in [6.45, 7) is 4.61. The summed E-state index contributed by atoms with van der Waals surface area (Å²) < 4.78 is 16.9. The Balaban J connectivity index is 1.34. The summed E-state index contributed by atoms with van der Waals surface area (Å²) in [4.78, 5) is 0. The molecule has 0 aromatic heterocycles. The Morgan fingerprint density at radius 1 is 1.29 bits per heavy atom. The average Bonchev–Trinajstić information content (AvgIpc) is 3.07. The lowest BCUT2D eigenvalue weighted by Gasteiger charge is -2.19. The first-order chi connectivity index (χ1) is 11.7. The van der Waals surface area contributed by atoms with Gasteiger partial charge < -0.3 is 19.5 Å². The number of halogens is 2. The highest BCUT2D eigenvalue weighted by Crippen LogP contribution is 2.36. The molecule has 1 aromatic rings. The van der Waals surface area contributed by atoms with Crippen LogP contribution < -0.4 is 10.1 Å². The zero-order valence-electron chi connectivity index (χ0n) is 13.7. The number of rotatable bonds is 8. The maximum absolute atomic E-state index is 6.14. The second-order valence-corrected chi connectivity index (χ2v) is 6.98. The Morgan fingerprint density at radius 3 is 3.04 bits per heavy atom. The van der Waals surface area contributed by atoms with Gasteiger partial charge in [-0.25, -0.2) is 0 Å². The van der Waals surface area contributed by atoms with Gasteiger partial charge in [-0.1, -0.05) is 23.2 Å². The number of hydrogen-bond donors (Lipinski definition) is 1. The Bertz CT molecular complexity index is 586. The van der Waals surface area contributed by atoms with E-state index in [1.54, 1.807) is 6.07 Å². The third kappa shape index (κ3) is 5.11. The van der Waals surface area contributed by atoms with Gasteiger partial charge in [-0.05, 0) is 49.6 Å². The minimum absolute atomic E-state index is 0.307. The highest BCUT2D eigenvalue weighted by Gasteiger charge is 2.16. The van der Waals surface area contributed by atoms with E-state index in [9.17, 15) is 0 Å². The van der Waals surface area contributed by atoms with Crippen LogP contribution in [0.4, 0.5) is 0 Å². The molecule has 132 valence electrons. The predicted molar refractivity (Wildman–Crippen MR) is 97.2 cm³/mol. The van der Waals surface area contributed by atoms with E-state index in [1.165, 1.54) is 5.57 Å². The lowest BCUT2D eigenvalue weighted by atomic mass is 10.1. The highest BCUT2D eigenvalue weighted by atomic mass is 35.5. The predicted octanol–water partition coefficient (Wildman–Crippen LogP) is 3.94. The normalized spacial score (nSPS) is 19.8. The van der Waals surface area contributed by atoms with Gasteiger partial charge >= 0.3 is 0 Å². The molecule has 0 saturated carbocycles. The third-order valence-electron chi connectivity index (χ3n) is 4.12. The van der Waals surface area contributed by atoms with Crippen molar-refractivity contribution in [2.24, 2.45) is 0 Å². The molecular weight excluding hydrogens is 349 g/mol. The van der Waals surface area contributed by atoms with Crippen molar-refractivity contribution < 1.29 is 14.2 Å². The van der Waals surface area contributed by atoms with Crippen molar-refractivity contribution in [3.63, 3.8) is 0 Å². The van der Waals surface area contributed by atoms with Crippen LogP contribution in [0.25, 0.3) is 6.08 Å². The summed E-state index contributed by atoms with van der Waals surface area (Å²) in [6.07, 6.45) is 5.67. The minimum Gasteiger partial charge on any atom is -0.487 e. The van der Waals surface area contributed by atoms with Gasteiger partial charge in [0.1, 0.15) is 12.4 Å². The summed E-state index contributed by atoms with van der Waals surface area (Å²) in [6, 6.07) is 3.58. The zero-order valence-corrected chi connectivity index (χ0v) is 15.2. The molecule has 0 unspecified atom stereocenters. The quantitative estimate of drug-likeness (QED) is 0.702. The van der Waals surface area contributed by atoms with Crippen LogP contribution in [0.15, 0.2) is 17.7 Å². The van der Waals surface area contributed by atoms with Crippen LogP contribution in [0.3, 0.4) is 0 Å². The van der Waals surface area contributed by atoms with Gasteiger partial charge in [-0.3, -0.25) is 0 Å². The van der Waals surface area contributed by atoms with E-state index in [4.69, 9.17) is 37.4 Å². The first-order valence-corrected chi connectivity index (χ1v) is 9.19. The number of fused-ring (bicyclic) bond motifs is 1. The molecule has 1 saturated heterocycles. The fourth-order valence-corrected chi connectivity index (χ4v) is 3.47. The standard InChI is InChI=1S/C18H23Cl2NO3/c19-15-8-14-7-13(11-24-18(14)17(20)9-15)10-21-4-2-5-22-12-16-3-1-6-23-16/h7-9,16,21H,1-6,10-12H2/t16-/m1/s1. The molecule has 6 heteroatoms. The van der Waals surface area contributed by atoms with Crippen molar-refractivity contribution >= 4 is 29.3 Å². The molecular formula is C18H23Cl2NO3. The van der Waals surface area contributed by atoms with E-state index in [0.717, 1.165) is 57.7 Å². The van der Waals surface area contributed by atoms with Crippen molar-refractivity contribution in [1.82, 2.24) is 5.32 Å². The second-order valence-electron chi connectivity index (χ2n) is 6.14. The molecule has 1 aromatic carbocycles. The molecule has 1 N–H and O–H groups in total. The van der Waals surface area contributed by atoms with E-state index in [0.29, 0.717) is 28.5 Å². The largest absolute Gasteiger partial charge is 0.487 e.